The van der Waals surface area contributed by atoms with Gasteiger partial charge in [0.05, 0.1) is 0 Å². The van der Waals surface area contributed by atoms with Gasteiger partial charge in [0.1, 0.15) is 6.04 Å². The molecular weight excluding hydrogens is 180 g/mol. The minimum absolute atomic E-state index is 0.207. The molecule has 0 rings (SSSR count). The molecule has 0 bridgehead atoms. The third kappa shape index (κ3) is 5.85. The molecule has 1 unspecified atom stereocenters. The lowest BCUT2D eigenvalue weighted by molar-refractivity contribution is -0.839. The summed E-state index contributed by atoms with van der Waals surface area (Å²) in [4.78, 5) is 27.6. The Hall–Kier alpha value is -1.37. The first-order valence-corrected chi connectivity index (χ1v) is 3.72. The van der Waals surface area contributed by atoms with E-state index in [4.69, 9.17) is 5.73 Å². The van der Waals surface area contributed by atoms with Gasteiger partial charge in [-0.1, -0.05) is 18.8 Å². The lowest BCUT2D eigenvalue weighted by Gasteiger charge is -2.10. The average Bonchev–Trinajstić information content (AvgIpc) is 1.98. The molecule has 0 aliphatic carbocycles. The summed E-state index contributed by atoms with van der Waals surface area (Å²) < 4.78 is 0. The van der Waals surface area contributed by atoms with Gasteiger partial charge in [0.15, 0.2) is 0 Å². The quantitative estimate of drug-likeness (QED) is 0.374. The van der Waals surface area contributed by atoms with Crippen molar-refractivity contribution >= 4 is 5.97 Å². The number of carbonyl (C=O) groups is 1. The van der Waals surface area contributed by atoms with Gasteiger partial charge in [-0.3, -0.25) is 4.89 Å². The fourth-order valence-electron chi connectivity index (χ4n) is 0.733. The summed E-state index contributed by atoms with van der Waals surface area (Å²) in [6.45, 7) is 3.73. The summed E-state index contributed by atoms with van der Waals surface area (Å²) in [6, 6.07) is -0.889. The molecule has 0 heterocycles. The highest BCUT2D eigenvalue weighted by atomic mass is 17.3. The van der Waals surface area contributed by atoms with Gasteiger partial charge < -0.3 is 5.73 Å². The fraction of sp³-hybridized carbons (Fsp3) is 0.833. The molecule has 7 nitrogen and oxygen atoms in total. The summed E-state index contributed by atoms with van der Waals surface area (Å²) in [5, 5.41) is 8.39. The van der Waals surface area contributed by atoms with E-state index in [2.05, 4.69) is 9.88 Å². The zero-order chi connectivity index (χ0) is 10.4. The molecule has 0 aromatic rings. The molecule has 7 heteroatoms. The third-order valence-electron chi connectivity index (χ3n) is 1.21. The first-order chi connectivity index (χ1) is 5.93. The molecule has 0 aliphatic heterocycles. The molecule has 0 amide bonds. The summed E-state index contributed by atoms with van der Waals surface area (Å²) in [5.74, 6) is -0.733. The monoisotopic (exact) mass is 192 g/mol. The summed E-state index contributed by atoms with van der Waals surface area (Å²) in [6.07, 6.45) is 0.389. The van der Waals surface area contributed by atoms with Crippen LogP contribution in [0.1, 0.15) is 20.3 Å². The highest BCUT2D eigenvalue weighted by Gasteiger charge is 2.18. The van der Waals surface area contributed by atoms with E-state index >= 15 is 0 Å². The second-order valence-electron chi connectivity index (χ2n) is 2.94. The molecular formula is C6H12N2O5. The van der Waals surface area contributed by atoms with E-state index < -0.39 is 17.1 Å². The number of hydrogen-bond acceptors (Lipinski definition) is 6. The standard InChI is InChI=1S/C6H12N2O5/c1-4(2)3-5(7)6(9)12-13-8(10)11/h4-5H,3,7H2,1-2H3. The molecule has 1 atom stereocenters. The van der Waals surface area contributed by atoms with Crippen LogP contribution in [0.3, 0.4) is 0 Å². The van der Waals surface area contributed by atoms with Gasteiger partial charge in [0.2, 0.25) is 0 Å². The Morgan fingerprint density at radius 1 is 1.62 bits per heavy atom. The lowest BCUT2D eigenvalue weighted by Crippen LogP contribution is -2.34. The minimum Gasteiger partial charge on any atom is -0.318 e. The van der Waals surface area contributed by atoms with Crippen molar-refractivity contribution in [3.63, 3.8) is 0 Å². The molecule has 0 radical (unpaired) electrons. The van der Waals surface area contributed by atoms with E-state index in [9.17, 15) is 14.9 Å². The smallest absolute Gasteiger partial charge is 0.318 e. The van der Waals surface area contributed by atoms with Crippen molar-refractivity contribution in [2.75, 3.05) is 0 Å². The van der Waals surface area contributed by atoms with Crippen molar-refractivity contribution in [2.45, 2.75) is 26.3 Å². The van der Waals surface area contributed by atoms with Gasteiger partial charge in [-0.15, -0.1) is 10.1 Å². The van der Waals surface area contributed by atoms with Crippen LogP contribution in [-0.4, -0.2) is 17.1 Å². The molecule has 0 aromatic heterocycles. The molecule has 0 aromatic carbocycles. The summed E-state index contributed by atoms with van der Waals surface area (Å²) in [5.41, 5.74) is 5.33. The van der Waals surface area contributed by atoms with Crippen molar-refractivity contribution in [1.82, 2.24) is 0 Å². The van der Waals surface area contributed by atoms with Gasteiger partial charge in [0, 0.05) is 0 Å². The lowest BCUT2D eigenvalue weighted by atomic mass is 10.1. The minimum atomic E-state index is -1.22. The van der Waals surface area contributed by atoms with Crippen molar-refractivity contribution in [3.05, 3.63) is 10.1 Å². The second kappa shape index (κ2) is 5.31. The Morgan fingerprint density at radius 2 is 2.15 bits per heavy atom. The zero-order valence-corrected chi connectivity index (χ0v) is 7.43. The van der Waals surface area contributed by atoms with Gasteiger partial charge in [0.25, 0.3) is 0 Å². The van der Waals surface area contributed by atoms with Gasteiger partial charge >= 0.3 is 11.1 Å². The van der Waals surface area contributed by atoms with Crippen molar-refractivity contribution in [1.29, 1.82) is 0 Å². The van der Waals surface area contributed by atoms with E-state index in [1.54, 1.807) is 0 Å². The van der Waals surface area contributed by atoms with Crippen LogP contribution in [0.15, 0.2) is 0 Å². The highest BCUT2D eigenvalue weighted by Crippen LogP contribution is 2.03. The van der Waals surface area contributed by atoms with Crippen molar-refractivity contribution < 1.29 is 19.8 Å². The zero-order valence-electron chi connectivity index (χ0n) is 7.43. The van der Waals surface area contributed by atoms with Crippen molar-refractivity contribution in [2.24, 2.45) is 11.7 Å². The maximum Gasteiger partial charge on any atom is 0.359 e. The van der Waals surface area contributed by atoms with Crippen molar-refractivity contribution in [3.8, 4) is 0 Å². The van der Waals surface area contributed by atoms with Crippen LogP contribution in [0, 0.1) is 16.0 Å². The molecule has 0 saturated carbocycles. The van der Waals surface area contributed by atoms with E-state index in [-0.39, 0.29) is 5.92 Å². The van der Waals surface area contributed by atoms with Gasteiger partial charge in [-0.2, -0.15) is 0 Å². The van der Waals surface area contributed by atoms with Crippen LogP contribution in [0.25, 0.3) is 0 Å². The predicted octanol–water partition coefficient (Wildman–Crippen LogP) is 0.0263. The second-order valence-corrected chi connectivity index (χ2v) is 2.94. The van der Waals surface area contributed by atoms with Crippen LogP contribution in [0.5, 0.6) is 0 Å². The summed E-state index contributed by atoms with van der Waals surface area (Å²) >= 11 is 0. The van der Waals surface area contributed by atoms with E-state index in [0.717, 1.165) is 0 Å². The topological polar surface area (TPSA) is 105 Å². The molecule has 76 valence electrons. The van der Waals surface area contributed by atoms with Gasteiger partial charge in [-0.05, 0) is 12.3 Å². The normalized spacial score (nSPS) is 12.3. The predicted molar refractivity (Wildman–Crippen MR) is 41.6 cm³/mol. The molecule has 0 fully saturated rings. The Bertz CT molecular complexity index is 193. The maximum absolute atomic E-state index is 10.8. The maximum atomic E-state index is 10.8. The van der Waals surface area contributed by atoms with Crippen LogP contribution >= 0.6 is 0 Å². The molecule has 0 saturated heterocycles. The van der Waals surface area contributed by atoms with Crippen LogP contribution in [-0.2, 0) is 14.7 Å². The van der Waals surface area contributed by atoms with E-state index in [1.165, 1.54) is 0 Å². The molecule has 13 heavy (non-hydrogen) atoms. The Kier molecular flexibility index (Phi) is 4.75. The Labute approximate surface area is 74.8 Å². The highest BCUT2D eigenvalue weighted by molar-refractivity contribution is 5.74. The van der Waals surface area contributed by atoms with E-state index in [0.29, 0.717) is 6.42 Å². The number of nitrogens with zero attached hydrogens (tertiary/aromatic N) is 1. The first kappa shape index (κ1) is 11.6. The van der Waals surface area contributed by atoms with E-state index in [1.807, 2.05) is 13.8 Å². The molecule has 2 N–H and O–H groups in total. The Balaban J connectivity index is 3.76. The number of carbonyl (C=O) groups excluding carboxylic acids is 1. The van der Waals surface area contributed by atoms with Crippen LogP contribution in [0.4, 0.5) is 0 Å². The van der Waals surface area contributed by atoms with Crippen LogP contribution in [0.2, 0.25) is 0 Å². The average molecular weight is 192 g/mol. The third-order valence-corrected chi connectivity index (χ3v) is 1.21. The summed E-state index contributed by atoms with van der Waals surface area (Å²) in [7, 11) is 0. The van der Waals surface area contributed by atoms with Crippen LogP contribution < -0.4 is 5.73 Å². The number of nitrogens with two attached hydrogens (primary N) is 1. The number of rotatable bonds is 5. The molecule has 0 spiro atoms. The fourth-order valence-corrected chi connectivity index (χ4v) is 0.733. The first-order valence-electron chi connectivity index (χ1n) is 3.72. The molecule has 0 aliphatic rings. The SMILES string of the molecule is CC(C)CC(N)C(=O)OO[N+](=O)[O-]. The Morgan fingerprint density at radius 3 is 2.54 bits per heavy atom. The largest absolute Gasteiger partial charge is 0.359 e. The van der Waals surface area contributed by atoms with Gasteiger partial charge in [-0.25, -0.2) is 4.79 Å². The number of hydrogen-bond donors (Lipinski definition) is 1.